The third-order valence-electron chi connectivity index (χ3n) is 8.36. The van der Waals surface area contributed by atoms with E-state index in [1.54, 1.807) is 17.0 Å². The number of Topliss-reactive ketones (excluding diaryl/α,β-unsaturated/α-hetero) is 1. The van der Waals surface area contributed by atoms with E-state index in [9.17, 15) is 24.3 Å². The van der Waals surface area contributed by atoms with Gasteiger partial charge in [0.15, 0.2) is 5.78 Å². The average molecular weight is 527 g/mol. The molecule has 3 unspecified atom stereocenters. The van der Waals surface area contributed by atoms with Crippen molar-refractivity contribution < 1.29 is 29.0 Å². The molecule has 0 radical (unpaired) electrons. The zero-order chi connectivity index (χ0) is 27.0. The van der Waals surface area contributed by atoms with Crippen LogP contribution in [0.2, 0.25) is 0 Å². The van der Waals surface area contributed by atoms with Crippen LogP contribution in [-0.2, 0) is 19.1 Å². The van der Waals surface area contributed by atoms with E-state index in [2.05, 4.69) is 10.2 Å². The molecular formula is C28H38N4O6. The van der Waals surface area contributed by atoms with E-state index in [4.69, 9.17) is 4.74 Å². The van der Waals surface area contributed by atoms with Crippen molar-refractivity contribution in [3.05, 3.63) is 29.8 Å². The van der Waals surface area contributed by atoms with Gasteiger partial charge in [-0.2, -0.15) is 0 Å². The molecule has 10 nitrogen and oxygen atoms in total. The van der Waals surface area contributed by atoms with Crippen LogP contribution < -0.4 is 10.2 Å². The fourth-order valence-corrected chi connectivity index (χ4v) is 6.11. The molecule has 2 N–H and O–H groups in total. The molecule has 4 aliphatic rings. The molecule has 3 saturated heterocycles. The maximum Gasteiger partial charge on any atom is 0.255 e. The van der Waals surface area contributed by atoms with Gasteiger partial charge in [0, 0.05) is 30.9 Å². The SMILES string of the molecule is CC(C)CC(NC(=O)c1ccc(N2CCOCC2)cc1)C(=O)N1CCC2C1C(=O)CN2C(=O)C1(O)CCC1. The number of aliphatic hydroxyl groups is 1. The standard InChI is InChI=1S/C28H38N4O6/c1-18(2)16-21(29-25(34)19-4-6-20(7-5-19)30-12-14-38-15-13-30)26(35)31-11-8-22-24(31)23(33)17-32(22)27(36)28(37)9-3-10-28/h4-7,18,21-22,24,37H,3,8-17H2,1-2H3,(H,29,34). The Bertz CT molecular complexity index is 1080. The van der Waals surface area contributed by atoms with Crippen LogP contribution in [0, 0.1) is 5.92 Å². The average Bonchev–Trinajstić information content (AvgIpc) is 3.47. The first-order valence-corrected chi connectivity index (χ1v) is 13.8. The van der Waals surface area contributed by atoms with Crippen molar-refractivity contribution in [3.8, 4) is 0 Å². The zero-order valence-corrected chi connectivity index (χ0v) is 22.2. The topological polar surface area (TPSA) is 119 Å². The molecule has 38 heavy (non-hydrogen) atoms. The molecule has 1 aliphatic carbocycles. The number of nitrogens with zero attached hydrogens (tertiary/aromatic N) is 3. The highest BCUT2D eigenvalue weighted by Gasteiger charge is 2.56. The molecular weight excluding hydrogens is 488 g/mol. The number of fused-ring (bicyclic) bond motifs is 1. The van der Waals surface area contributed by atoms with Crippen molar-refractivity contribution >= 4 is 29.2 Å². The van der Waals surface area contributed by atoms with Crippen LogP contribution >= 0.6 is 0 Å². The summed E-state index contributed by atoms with van der Waals surface area (Å²) in [5.41, 5.74) is 0.108. The predicted octanol–water partition coefficient (Wildman–Crippen LogP) is 0.964. The first-order valence-electron chi connectivity index (χ1n) is 13.8. The summed E-state index contributed by atoms with van der Waals surface area (Å²) in [7, 11) is 0. The molecule has 1 saturated carbocycles. The Morgan fingerprint density at radius 1 is 1.08 bits per heavy atom. The largest absolute Gasteiger partial charge is 0.380 e. The highest BCUT2D eigenvalue weighted by atomic mass is 16.5. The molecule has 0 bridgehead atoms. The molecule has 3 heterocycles. The number of rotatable bonds is 7. The normalized spacial score (nSPS) is 25.3. The highest BCUT2D eigenvalue weighted by molar-refractivity contribution is 6.01. The summed E-state index contributed by atoms with van der Waals surface area (Å²) in [5.74, 6) is -1.09. The van der Waals surface area contributed by atoms with Gasteiger partial charge >= 0.3 is 0 Å². The summed E-state index contributed by atoms with van der Waals surface area (Å²) in [4.78, 5) is 58.1. The van der Waals surface area contributed by atoms with E-state index in [0.717, 1.165) is 25.2 Å². The molecule has 0 spiro atoms. The van der Waals surface area contributed by atoms with Gasteiger partial charge in [0.1, 0.15) is 17.7 Å². The predicted molar refractivity (Wildman–Crippen MR) is 140 cm³/mol. The molecule has 0 aromatic heterocycles. The second-order valence-electron chi connectivity index (χ2n) is 11.4. The minimum absolute atomic E-state index is 0.0864. The smallest absolute Gasteiger partial charge is 0.255 e. The van der Waals surface area contributed by atoms with Crippen LogP contribution in [0.15, 0.2) is 24.3 Å². The lowest BCUT2D eigenvalue weighted by Crippen LogP contribution is -2.55. The summed E-state index contributed by atoms with van der Waals surface area (Å²) in [5, 5.41) is 13.5. The fraction of sp³-hybridized carbons (Fsp3) is 0.643. The Kier molecular flexibility index (Phi) is 7.46. The van der Waals surface area contributed by atoms with Gasteiger partial charge in [0.05, 0.1) is 25.8 Å². The number of ketones is 1. The number of anilines is 1. The van der Waals surface area contributed by atoms with E-state index in [1.807, 2.05) is 26.0 Å². The Morgan fingerprint density at radius 3 is 2.37 bits per heavy atom. The lowest BCUT2D eigenvalue weighted by atomic mass is 9.79. The quantitative estimate of drug-likeness (QED) is 0.543. The zero-order valence-electron chi connectivity index (χ0n) is 22.2. The number of hydrogen-bond donors (Lipinski definition) is 2. The Balaban J connectivity index is 1.27. The van der Waals surface area contributed by atoms with Gasteiger partial charge in [-0.15, -0.1) is 0 Å². The monoisotopic (exact) mass is 526 g/mol. The molecule has 1 aromatic carbocycles. The van der Waals surface area contributed by atoms with Gasteiger partial charge in [-0.25, -0.2) is 0 Å². The number of amides is 3. The van der Waals surface area contributed by atoms with Gasteiger partial charge in [0.2, 0.25) is 5.91 Å². The molecule has 3 atom stereocenters. The van der Waals surface area contributed by atoms with Crippen molar-refractivity contribution in [1.29, 1.82) is 0 Å². The fourth-order valence-electron chi connectivity index (χ4n) is 6.11. The van der Waals surface area contributed by atoms with E-state index < -0.39 is 29.6 Å². The number of nitrogens with one attached hydrogen (secondary N) is 1. The lowest BCUT2D eigenvalue weighted by molar-refractivity contribution is -0.161. The van der Waals surface area contributed by atoms with E-state index in [0.29, 0.717) is 51.0 Å². The second kappa shape index (κ2) is 10.6. The summed E-state index contributed by atoms with van der Waals surface area (Å²) in [6, 6.07) is 5.40. The van der Waals surface area contributed by atoms with E-state index >= 15 is 0 Å². The molecule has 1 aromatic rings. The van der Waals surface area contributed by atoms with Gasteiger partial charge < -0.3 is 29.9 Å². The Labute approximate surface area is 223 Å². The number of morpholine rings is 1. The lowest BCUT2D eigenvalue weighted by Gasteiger charge is -2.39. The maximum atomic E-state index is 13.7. The Hall–Kier alpha value is -2.98. The summed E-state index contributed by atoms with van der Waals surface area (Å²) >= 11 is 0. The van der Waals surface area contributed by atoms with Crippen LogP contribution in [-0.4, -0.2) is 102 Å². The van der Waals surface area contributed by atoms with Crippen LogP contribution in [0.25, 0.3) is 0 Å². The van der Waals surface area contributed by atoms with E-state index in [1.165, 1.54) is 4.90 Å². The highest BCUT2D eigenvalue weighted by Crippen LogP contribution is 2.38. The minimum Gasteiger partial charge on any atom is -0.380 e. The van der Waals surface area contributed by atoms with Crippen LogP contribution in [0.5, 0.6) is 0 Å². The second-order valence-corrected chi connectivity index (χ2v) is 11.4. The van der Waals surface area contributed by atoms with Gasteiger partial charge in [-0.3, -0.25) is 19.2 Å². The van der Waals surface area contributed by atoms with Crippen molar-refractivity contribution in [2.45, 2.75) is 69.7 Å². The van der Waals surface area contributed by atoms with Gasteiger partial charge in [-0.05, 0) is 62.3 Å². The first kappa shape index (κ1) is 26.6. The number of carbonyl (C=O) groups excluding carboxylic acids is 4. The number of benzene rings is 1. The summed E-state index contributed by atoms with van der Waals surface area (Å²) in [6.45, 7) is 7.17. The van der Waals surface area contributed by atoms with Crippen molar-refractivity contribution in [2.24, 2.45) is 5.92 Å². The van der Waals surface area contributed by atoms with Crippen molar-refractivity contribution in [1.82, 2.24) is 15.1 Å². The molecule has 4 fully saturated rings. The maximum absolute atomic E-state index is 13.7. The van der Waals surface area contributed by atoms with Gasteiger partial charge in [0.25, 0.3) is 11.8 Å². The summed E-state index contributed by atoms with van der Waals surface area (Å²) in [6.07, 6.45) is 2.52. The molecule has 206 valence electrons. The molecule has 10 heteroatoms. The third-order valence-corrected chi connectivity index (χ3v) is 8.36. The number of carbonyl (C=O) groups is 4. The minimum atomic E-state index is -1.38. The molecule has 3 amide bonds. The van der Waals surface area contributed by atoms with Crippen LogP contribution in [0.1, 0.15) is 56.3 Å². The van der Waals surface area contributed by atoms with Crippen LogP contribution in [0.4, 0.5) is 5.69 Å². The number of likely N-dealkylation sites (tertiary alicyclic amines) is 2. The third kappa shape index (κ3) is 5.03. The van der Waals surface area contributed by atoms with Gasteiger partial charge in [-0.1, -0.05) is 13.8 Å². The van der Waals surface area contributed by atoms with Crippen molar-refractivity contribution in [2.75, 3.05) is 44.3 Å². The van der Waals surface area contributed by atoms with E-state index in [-0.39, 0.29) is 30.1 Å². The first-order chi connectivity index (χ1) is 18.2. The number of hydrogen-bond acceptors (Lipinski definition) is 7. The Morgan fingerprint density at radius 2 is 1.76 bits per heavy atom. The molecule has 5 rings (SSSR count). The number of ether oxygens (including phenoxy) is 1. The molecule has 3 aliphatic heterocycles. The van der Waals surface area contributed by atoms with Crippen LogP contribution in [0.3, 0.4) is 0 Å². The summed E-state index contributed by atoms with van der Waals surface area (Å²) < 4.78 is 5.40. The van der Waals surface area contributed by atoms with Crippen molar-refractivity contribution in [3.63, 3.8) is 0 Å².